The number of anilines is 3. The second-order valence-electron chi connectivity index (χ2n) is 8.75. The normalized spacial score (nSPS) is 16.9. The van der Waals surface area contributed by atoms with Gasteiger partial charge in [-0.25, -0.2) is 0 Å². The summed E-state index contributed by atoms with van der Waals surface area (Å²) < 4.78 is 0. The summed E-state index contributed by atoms with van der Waals surface area (Å²) in [6.45, 7) is 7.50. The predicted octanol–water partition coefficient (Wildman–Crippen LogP) is 2.27. The van der Waals surface area contributed by atoms with Crippen molar-refractivity contribution in [1.82, 2.24) is 9.80 Å². The van der Waals surface area contributed by atoms with Gasteiger partial charge in [0.1, 0.15) is 5.69 Å². The van der Waals surface area contributed by atoms with E-state index in [2.05, 4.69) is 22.2 Å². The Bertz CT molecular complexity index is 1060. The first-order chi connectivity index (χ1) is 16.3. The number of likely N-dealkylation sites (N-methyl/N-ethyl adjacent to an activating group) is 1. The van der Waals surface area contributed by atoms with Crippen molar-refractivity contribution in [2.45, 2.75) is 6.92 Å². The van der Waals surface area contributed by atoms with Crippen LogP contribution in [0.4, 0.5) is 22.7 Å². The van der Waals surface area contributed by atoms with E-state index in [-0.39, 0.29) is 17.2 Å². The van der Waals surface area contributed by atoms with Gasteiger partial charge in [-0.2, -0.15) is 0 Å². The van der Waals surface area contributed by atoms with Gasteiger partial charge in [0.25, 0.3) is 11.6 Å². The molecule has 2 heterocycles. The third-order valence-corrected chi connectivity index (χ3v) is 6.49. The van der Waals surface area contributed by atoms with Crippen molar-refractivity contribution in [3.05, 3.63) is 58.1 Å². The van der Waals surface area contributed by atoms with Crippen molar-refractivity contribution >= 4 is 34.6 Å². The van der Waals surface area contributed by atoms with E-state index in [9.17, 15) is 19.7 Å². The monoisotopic (exact) mass is 466 g/mol. The van der Waals surface area contributed by atoms with E-state index < -0.39 is 10.8 Å². The Labute approximate surface area is 198 Å². The summed E-state index contributed by atoms with van der Waals surface area (Å²) in [6, 6.07) is 12.2. The van der Waals surface area contributed by atoms with E-state index >= 15 is 0 Å². The topological polar surface area (TPSA) is 102 Å². The molecule has 2 aliphatic heterocycles. The number of nitro groups is 1. The number of nitrogens with zero attached hydrogens (tertiary/aromatic N) is 5. The van der Waals surface area contributed by atoms with Crippen LogP contribution < -0.4 is 15.1 Å². The number of carbonyl (C=O) groups is 2. The number of nitrogens with one attached hydrogen (secondary N) is 1. The fraction of sp³-hybridized carbons (Fsp3) is 0.417. The highest BCUT2D eigenvalue weighted by Crippen LogP contribution is 2.30. The zero-order chi connectivity index (χ0) is 24.2. The Kier molecular flexibility index (Phi) is 6.97. The SMILES string of the molecule is CC(=O)N1CCN(c2ccc(C(=O)Nc3ccc(N4CCN(C)CC4)cc3)cc2[N+](=O)[O-])CC1. The summed E-state index contributed by atoms with van der Waals surface area (Å²) in [7, 11) is 2.11. The first kappa shape index (κ1) is 23.5. The summed E-state index contributed by atoms with van der Waals surface area (Å²) >= 11 is 0. The van der Waals surface area contributed by atoms with Crippen LogP contribution >= 0.6 is 0 Å². The van der Waals surface area contributed by atoms with E-state index in [4.69, 9.17) is 0 Å². The minimum atomic E-state index is -0.464. The number of piperazine rings is 2. The van der Waals surface area contributed by atoms with Crippen LogP contribution in [0.1, 0.15) is 17.3 Å². The highest BCUT2D eigenvalue weighted by Gasteiger charge is 2.26. The molecule has 34 heavy (non-hydrogen) atoms. The standard InChI is InChI=1S/C24H30N6O4/c1-18(31)27-13-15-29(16-14-27)22-8-3-19(17-23(22)30(33)34)24(32)25-20-4-6-21(7-5-20)28-11-9-26(2)10-12-28/h3-8,17H,9-16H2,1-2H3,(H,25,32). The van der Waals surface area contributed by atoms with Crippen molar-refractivity contribution < 1.29 is 14.5 Å². The Balaban J connectivity index is 1.43. The molecule has 2 aromatic rings. The summed E-state index contributed by atoms with van der Waals surface area (Å²) in [5, 5.41) is 14.6. The highest BCUT2D eigenvalue weighted by molar-refractivity contribution is 6.05. The van der Waals surface area contributed by atoms with Gasteiger partial charge in [-0.15, -0.1) is 0 Å². The molecule has 180 valence electrons. The quantitative estimate of drug-likeness (QED) is 0.533. The van der Waals surface area contributed by atoms with E-state index in [1.165, 1.54) is 13.0 Å². The molecule has 2 fully saturated rings. The number of nitro benzene ring substituents is 1. The van der Waals surface area contributed by atoms with Crippen LogP contribution in [0.5, 0.6) is 0 Å². The molecule has 0 aromatic heterocycles. The van der Waals surface area contributed by atoms with Gasteiger partial charge in [-0.1, -0.05) is 0 Å². The maximum atomic E-state index is 12.8. The molecular weight excluding hydrogens is 436 g/mol. The summed E-state index contributed by atoms with van der Waals surface area (Å²) in [5.41, 5.74) is 2.31. The minimum absolute atomic E-state index is 0.00210. The molecular formula is C24H30N6O4. The lowest BCUT2D eigenvalue weighted by molar-refractivity contribution is -0.384. The van der Waals surface area contributed by atoms with Crippen molar-refractivity contribution in [2.75, 3.05) is 74.5 Å². The molecule has 4 rings (SSSR count). The maximum Gasteiger partial charge on any atom is 0.293 e. The lowest BCUT2D eigenvalue weighted by Gasteiger charge is -2.35. The lowest BCUT2D eigenvalue weighted by atomic mass is 10.1. The van der Waals surface area contributed by atoms with Crippen molar-refractivity contribution in [3.8, 4) is 0 Å². The van der Waals surface area contributed by atoms with E-state index in [0.717, 1.165) is 31.9 Å². The molecule has 0 aliphatic carbocycles. The second-order valence-corrected chi connectivity index (χ2v) is 8.75. The van der Waals surface area contributed by atoms with Gasteiger partial charge in [-0.05, 0) is 43.4 Å². The fourth-order valence-corrected chi connectivity index (χ4v) is 4.36. The molecule has 0 atom stereocenters. The molecule has 10 heteroatoms. The largest absolute Gasteiger partial charge is 0.369 e. The van der Waals surface area contributed by atoms with Gasteiger partial charge in [0.15, 0.2) is 0 Å². The Hall–Kier alpha value is -3.66. The van der Waals surface area contributed by atoms with Gasteiger partial charge in [-0.3, -0.25) is 19.7 Å². The average Bonchev–Trinajstić information content (AvgIpc) is 2.84. The van der Waals surface area contributed by atoms with E-state index in [1.807, 2.05) is 29.2 Å². The lowest BCUT2D eigenvalue weighted by Crippen LogP contribution is -2.48. The summed E-state index contributed by atoms with van der Waals surface area (Å²) in [4.78, 5) is 43.9. The van der Waals surface area contributed by atoms with Gasteiger partial charge in [0.2, 0.25) is 5.91 Å². The predicted molar refractivity (Wildman–Crippen MR) is 132 cm³/mol. The fourth-order valence-electron chi connectivity index (χ4n) is 4.36. The van der Waals surface area contributed by atoms with Crippen LogP contribution in [-0.2, 0) is 4.79 Å². The van der Waals surface area contributed by atoms with Crippen LogP contribution in [-0.4, -0.2) is 85.9 Å². The zero-order valence-corrected chi connectivity index (χ0v) is 19.6. The molecule has 2 aromatic carbocycles. The number of hydrogen-bond acceptors (Lipinski definition) is 7. The van der Waals surface area contributed by atoms with Crippen molar-refractivity contribution in [2.24, 2.45) is 0 Å². The Morgan fingerprint density at radius 2 is 1.50 bits per heavy atom. The molecule has 1 N–H and O–H groups in total. The van der Waals surface area contributed by atoms with Crippen LogP contribution in [0.25, 0.3) is 0 Å². The van der Waals surface area contributed by atoms with Crippen LogP contribution in [0.3, 0.4) is 0 Å². The second kappa shape index (κ2) is 10.1. The highest BCUT2D eigenvalue weighted by atomic mass is 16.6. The number of hydrogen-bond donors (Lipinski definition) is 1. The Morgan fingerprint density at radius 3 is 2.09 bits per heavy atom. The van der Waals surface area contributed by atoms with Crippen LogP contribution in [0.2, 0.25) is 0 Å². The molecule has 2 saturated heterocycles. The summed E-state index contributed by atoms with van der Waals surface area (Å²) in [5.74, 6) is -0.402. The van der Waals surface area contributed by atoms with Gasteiger partial charge < -0.3 is 24.9 Å². The molecule has 0 bridgehead atoms. The summed E-state index contributed by atoms with van der Waals surface area (Å²) in [6.07, 6.45) is 0. The average molecular weight is 467 g/mol. The van der Waals surface area contributed by atoms with Crippen molar-refractivity contribution in [3.63, 3.8) is 0 Å². The third kappa shape index (κ3) is 5.28. The third-order valence-electron chi connectivity index (χ3n) is 6.49. The van der Waals surface area contributed by atoms with Crippen molar-refractivity contribution in [1.29, 1.82) is 0 Å². The van der Waals surface area contributed by atoms with Crippen LogP contribution in [0, 0.1) is 10.1 Å². The molecule has 2 amide bonds. The van der Waals surface area contributed by atoms with Crippen LogP contribution in [0.15, 0.2) is 42.5 Å². The first-order valence-corrected chi connectivity index (χ1v) is 11.5. The van der Waals surface area contributed by atoms with Gasteiger partial charge in [0, 0.05) is 82.3 Å². The van der Waals surface area contributed by atoms with Gasteiger partial charge >= 0.3 is 0 Å². The molecule has 0 spiro atoms. The first-order valence-electron chi connectivity index (χ1n) is 11.5. The number of rotatable bonds is 5. The molecule has 0 saturated carbocycles. The number of amides is 2. The smallest absolute Gasteiger partial charge is 0.293 e. The molecule has 10 nitrogen and oxygen atoms in total. The van der Waals surface area contributed by atoms with E-state index in [1.54, 1.807) is 17.0 Å². The number of carbonyl (C=O) groups excluding carboxylic acids is 2. The Morgan fingerprint density at radius 1 is 0.882 bits per heavy atom. The molecule has 2 aliphatic rings. The van der Waals surface area contributed by atoms with E-state index in [0.29, 0.717) is 37.6 Å². The minimum Gasteiger partial charge on any atom is -0.369 e. The molecule has 0 unspecified atom stereocenters. The maximum absolute atomic E-state index is 12.8. The van der Waals surface area contributed by atoms with Gasteiger partial charge in [0.05, 0.1) is 4.92 Å². The zero-order valence-electron chi connectivity index (χ0n) is 19.6. The molecule has 0 radical (unpaired) electrons. The number of benzene rings is 2.